The number of nitrogens with zero attached hydrogens (tertiary/aromatic N) is 2. The van der Waals surface area contributed by atoms with Crippen LogP contribution in [-0.2, 0) is 18.3 Å². The van der Waals surface area contributed by atoms with Gasteiger partial charge in [0.05, 0.1) is 6.20 Å². The maximum atomic E-state index is 11.3. The number of hydrogen-bond acceptors (Lipinski definition) is 2. The van der Waals surface area contributed by atoms with Crippen LogP contribution in [0.1, 0.15) is 25.8 Å². The molecule has 0 unspecified atom stereocenters. The topological polar surface area (TPSA) is 34.9 Å². The van der Waals surface area contributed by atoms with E-state index in [1.807, 2.05) is 27.1 Å². The van der Waals surface area contributed by atoms with Crippen molar-refractivity contribution >= 4 is 5.78 Å². The van der Waals surface area contributed by atoms with Crippen molar-refractivity contribution in [2.75, 3.05) is 0 Å². The van der Waals surface area contributed by atoms with Crippen molar-refractivity contribution in [3.63, 3.8) is 0 Å². The zero-order chi connectivity index (χ0) is 10.6. The van der Waals surface area contributed by atoms with Crippen molar-refractivity contribution in [3.8, 4) is 0 Å². The summed E-state index contributed by atoms with van der Waals surface area (Å²) in [5, 5.41) is 4.05. The van der Waals surface area contributed by atoms with E-state index in [1.54, 1.807) is 17.0 Å². The number of ketones is 1. The Morgan fingerprint density at radius 1 is 1.57 bits per heavy atom. The molecule has 0 aromatic carbocycles. The molecule has 0 saturated heterocycles. The summed E-state index contributed by atoms with van der Waals surface area (Å²) in [5.41, 5.74) is 2.17. The highest BCUT2D eigenvalue weighted by molar-refractivity contribution is 5.90. The molecule has 0 aliphatic heterocycles. The van der Waals surface area contributed by atoms with Gasteiger partial charge in [-0.25, -0.2) is 0 Å². The number of hydrogen-bond donors (Lipinski definition) is 0. The van der Waals surface area contributed by atoms with E-state index in [1.165, 1.54) is 0 Å². The molecule has 0 aliphatic carbocycles. The summed E-state index contributed by atoms with van der Waals surface area (Å²) in [6.07, 6.45) is 6.77. The lowest BCUT2D eigenvalue weighted by Crippen LogP contribution is -1.96. The SMILES string of the molecule is CC(C)=CC(=O)CCc1cnn(C)c1. The van der Waals surface area contributed by atoms with Gasteiger partial charge in [-0.3, -0.25) is 9.48 Å². The van der Waals surface area contributed by atoms with Crippen LogP contribution < -0.4 is 0 Å². The Morgan fingerprint density at radius 3 is 2.79 bits per heavy atom. The van der Waals surface area contributed by atoms with Crippen molar-refractivity contribution in [1.82, 2.24) is 9.78 Å². The second kappa shape index (κ2) is 4.74. The van der Waals surface area contributed by atoms with E-state index in [-0.39, 0.29) is 5.78 Å². The summed E-state index contributed by atoms with van der Waals surface area (Å²) < 4.78 is 1.75. The monoisotopic (exact) mass is 192 g/mol. The fourth-order valence-electron chi connectivity index (χ4n) is 1.26. The van der Waals surface area contributed by atoms with Crippen LogP contribution in [0.15, 0.2) is 24.0 Å². The molecule has 0 saturated carbocycles. The molecule has 0 bridgehead atoms. The number of carbonyl (C=O) groups is 1. The van der Waals surface area contributed by atoms with Crippen LogP contribution in [0.5, 0.6) is 0 Å². The normalized spacial score (nSPS) is 9.93. The average molecular weight is 192 g/mol. The summed E-state index contributed by atoms with van der Waals surface area (Å²) >= 11 is 0. The van der Waals surface area contributed by atoms with Crippen LogP contribution in [0.3, 0.4) is 0 Å². The molecule has 1 aromatic heterocycles. The molecule has 76 valence electrons. The van der Waals surface area contributed by atoms with Crippen molar-refractivity contribution in [3.05, 3.63) is 29.6 Å². The lowest BCUT2D eigenvalue weighted by atomic mass is 10.1. The highest BCUT2D eigenvalue weighted by atomic mass is 16.1. The van der Waals surface area contributed by atoms with E-state index < -0.39 is 0 Å². The van der Waals surface area contributed by atoms with Gasteiger partial charge in [-0.2, -0.15) is 5.10 Å². The molecule has 3 heteroatoms. The maximum absolute atomic E-state index is 11.3. The first kappa shape index (κ1) is 10.7. The first-order valence-electron chi connectivity index (χ1n) is 4.73. The Balaban J connectivity index is 2.41. The molecule has 0 spiro atoms. The number of carbonyl (C=O) groups excluding carboxylic acids is 1. The van der Waals surface area contributed by atoms with Crippen molar-refractivity contribution in [2.45, 2.75) is 26.7 Å². The molecule has 0 amide bonds. The van der Waals surface area contributed by atoms with E-state index in [9.17, 15) is 4.79 Å². The van der Waals surface area contributed by atoms with Gasteiger partial charge >= 0.3 is 0 Å². The number of rotatable bonds is 4. The van der Waals surface area contributed by atoms with E-state index >= 15 is 0 Å². The Kier molecular flexibility index (Phi) is 3.63. The van der Waals surface area contributed by atoms with Gasteiger partial charge in [0.25, 0.3) is 0 Å². The molecule has 0 fully saturated rings. The molecule has 0 radical (unpaired) electrons. The summed E-state index contributed by atoms with van der Waals surface area (Å²) in [4.78, 5) is 11.3. The van der Waals surface area contributed by atoms with Crippen molar-refractivity contribution in [1.29, 1.82) is 0 Å². The lowest BCUT2D eigenvalue weighted by molar-refractivity contribution is -0.114. The van der Waals surface area contributed by atoms with Crippen LogP contribution in [-0.4, -0.2) is 15.6 Å². The van der Waals surface area contributed by atoms with Gasteiger partial charge in [0.15, 0.2) is 5.78 Å². The number of aromatic nitrogens is 2. The highest BCUT2D eigenvalue weighted by Crippen LogP contribution is 2.02. The smallest absolute Gasteiger partial charge is 0.155 e. The molecule has 0 atom stereocenters. The van der Waals surface area contributed by atoms with E-state index in [0.717, 1.165) is 17.6 Å². The van der Waals surface area contributed by atoms with Gasteiger partial charge in [-0.1, -0.05) is 5.57 Å². The molecule has 1 rings (SSSR count). The molecule has 0 N–H and O–H groups in total. The Labute approximate surface area is 84.4 Å². The molecule has 3 nitrogen and oxygen atoms in total. The van der Waals surface area contributed by atoms with E-state index in [0.29, 0.717) is 6.42 Å². The lowest BCUT2D eigenvalue weighted by Gasteiger charge is -1.94. The molecular weight excluding hydrogens is 176 g/mol. The first-order chi connectivity index (χ1) is 6.58. The highest BCUT2D eigenvalue weighted by Gasteiger charge is 2.00. The minimum absolute atomic E-state index is 0.189. The van der Waals surface area contributed by atoms with Gasteiger partial charge < -0.3 is 0 Å². The Bertz CT molecular complexity index is 346. The quantitative estimate of drug-likeness (QED) is 0.683. The second-order valence-electron chi connectivity index (χ2n) is 3.71. The third-order valence-corrected chi connectivity index (χ3v) is 1.87. The van der Waals surface area contributed by atoms with Gasteiger partial charge in [-0.05, 0) is 31.9 Å². The van der Waals surface area contributed by atoms with Crippen LogP contribution in [0.2, 0.25) is 0 Å². The summed E-state index contributed by atoms with van der Waals surface area (Å²) in [7, 11) is 1.88. The van der Waals surface area contributed by atoms with Crippen LogP contribution in [0, 0.1) is 0 Å². The zero-order valence-electron chi connectivity index (χ0n) is 8.95. The van der Waals surface area contributed by atoms with Gasteiger partial charge in [0.1, 0.15) is 0 Å². The van der Waals surface area contributed by atoms with Crippen molar-refractivity contribution in [2.24, 2.45) is 7.05 Å². The Morgan fingerprint density at radius 2 is 2.29 bits per heavy atom. The minimum atomic E-state index is 0.189. The van der Waals surface area contributed by atoms with Crippen LogP contribution >= 0.6 is 0 Å². The molecule has 1 heterocycles. The largest absolute Gasteiger partial charge is 0.295 e. The molecule has 14 heavy (non-hydrogen) atoms. The molecular formula is C11H16N2O. The number of aryl methyl sites for hydroxylation is 2. The summed E-state index contributed by atoms with van der Waals surface area (Å²) in [5.74, 6) is 0.189. The van der Waals surface area contributed by atoms with E-state index in [4.69, 9.17) is 0 Å². The third kappa shape index (κ3) is 3.56. The zero-order valence-corrected chi connectivity index (χ0v) is 8.95. The van der Waals surface area contributed by atoms with Gasteiger partial charge in [-0.15, -0.1) is 0 Å². The third-order valence-electron chi connectivity index (χ3n) is 1.87. The standard InChI is InChI=1S/C11H16N2O/c1-9(2)6-11(14)5-4-10-7-12-13(3)8-10/h6-8H,4-5H2,1-3H3. The summed E-state index contributed by atoms with van der Waals surface area (Å²) in [6.45, 7) is 3.87. The van der Waals surface area contributed by atoms with Crippen molar-refractivity contribution < 1.29 is 4.79 Å². The van der Waals surface area contributed by atoms with E-state index in [2.05, 4.69) is 5.10 Å². The fraction of sp³-hybridized carbons (Fsp3) is 0.455. The van der Waals surface area contributed by atoms with Gasteiger partial charge in [0.2, 0.25) is 0 Å². The minimum Gasteiger partial charge on any atom is -0.295 e. The fourth-order valence-corrected chi connectivity index (χ4v) is 1.26. The van der Waals surface area contributed by atoms with Crippen LogP contribution in [0.4, 0.5) is 0 Å². The number of allylic oxidation sites excluding steroid dienone is 2. The predicted octanol–water partition coefficient (Wildman–Crippen LogP) is 1.89. The van der Waals surface area contributed by atoms with Gasteiger partial charge in [0, 0.05) is 19.7 Å². The first-order valence-corrected chi connectivity index (χ1v) is 4.73. The molecule has 0 aliphatic rings. The summed E-state index contributed by atoms with van der Waals surface area (Å²) in [6, 6.07) is 0. The predicted molar refractivity (Wildman–Crippen MR) is 56.0 cm³/mol. The average Bonchev–Trinajstić information content (AvgIpc) is 2.47. The maximum Gasteiger partial charge on any atom is 0.155 e. The molecule has 1 aromatic rings. The second-order valence-corrected chi connectivity index (χ2v) is 3.71. The van der Waals surface area contributed by atoms with Crippen LogP contribution in [0.25, 0.3) is 0 Å². The Hall–Kier alpha value is -1.38.